The molecule has 2 aromatic rings. The summed E-state index contributed by atoms with van der Waals surface area (Å²) >= 11 is 0. The van der Waals surface area contributed by atoms with Gasteiger partial charge in [-0.2, -0.15) is 0 Å². The largest absolute Gasteiger partial charge is 1.00 e. The molecular weight excluding hydrogens is 309 g/mol. The highest BCUT2D eigenvalue weighted by Crippen LogP contribution is 2.31. The van der Waals surface area contributed by atoms with Crippen molar-refractivity contribution in [3.05, 3.63) is 47.5 Å². The van der Waals surface area contributed by atoms with Gasteiger partial charge in [0.05, 0.1) is 14.1 Å². The van der Waals surface area contributed by atoms with Crippen molar-refractivity contribution in [1.29, 1.82) is 0 Å². The van der Waals surface area contributed by atoms with E-state index in [2.05, 4.69) is 50.5 Å². The molecule has 1 aliphatic heterocycles. The molecule has 1 nitrogen and oxygen atoms in total. The van der Waals surface area contributed by atoms with E-state index in [4.69, 9.17) is 0 Å². The summed E-state index contributed by atoms with van der Waals surface area (Å²) < 4.78 is 1.07. The zero-order chi connectivity index (χ0) is 10.5. The first-order chi connectivity index (χ1) is 7.16. The second-order valence-electron chi connectivity index (χ2n) is 5.18. The monoisotopic (exact) mass is 325 g/mol. The van der Waals surface area contributed by atoms with E-state index in [9.17, 15) is 0 Å². The molecule has 0 aromatic heterocycles. The summed E-state index contributed by atoms with van der Waals surface area (Å²) in [5, 5.41) is 2.89. The Morgan fingerprint density at radius 3 is 1.88 bits per heavy atom. The highest BCUT2D eigenvalue weighted by molar-refractivity contribution is 5.89. The summed E-state index contributed by atoms with van der Waals surface area (Å²) in [7, 11) is 4.60. The Hall–Kier alpha value is -0.610. The van der Waals surface area contributed by atoms with E-state index in [0.717, 1.165) is 17.6 Å². The Labute approximate surface area is 114 Å². The SMILES string of the molecule is C[N+]1(C)Cc2cccc3cccc(c23)C1.[I-]. The number of hydrogen-bond donors (Lipinski definition) is 0. The lowest BCUT2D eigenvalue weighted by Crippen LogP contribution is -3.00. The zero-order valence-corrected chi connectivity index (χ0v) is 11.9. The van der Waals surface area contributed by atoms with Crippen molar-refractivity contribution in [2.45, 2.75) is 13.1 Å². The molecule has 0 spiro atoms. The molecule has 2 heteroatoms. The molecule has 0 amide bonds. The summed E-state index contributed by atoms with van der Waals surface area (Å²) in [4.78, 5) is 0. The normalized spacial score (nSPS) is 16.9. The molecule has 0 unspecified atom stereocenters. The van der Waals surface area contributed by atoms with Gasteiger partial charge in [0, 0.05) is 11.1 Å². The van der Waals surface area contributed by atoms with Gasteiger partial charge in [0.25, 0.3) is 0 Å². The van der Waals surface area contributed by atoms with Gasteiger partial charge in [-0.15, -0.1) is 0 Å². The van der Waals surface area contributed by atoms with Gasteiger partial charge in [-0.25, -0.2) is 0 Å². The molecule has 1 aliphatic rings. The molecular formula is C14H16IN. The maximum atomic E-state index is 2.30. The van der Waals surface area contributed by atoms with Crippen molar-refractivity contribution in [1.82, 2.24) is 0 Å². The summed E-state index contributed by atoms with van der Waals surface area (Å²) in [6, 6.07) is 13.3. The Morgan fingerprint density at radius 2 is 1.38 bits per heavy atom. The van der Waals surface area contributed by atoms with Crippen molar-refractivity contribution in [3.8, 4) is 0 Å². The Bertz CT molecular complexity index is 488. The average molecular weight is 325 g/mol. The smallest absolute Gasteiger partial charge is 0.105 e. The maximum absolute atomic E-state index is 2.30. The molecule has 0 aliphatic carbocycles. The number of hydrogen-bond acceptors (Lipinski definition) is 0. The van der Waals surface area contributed by atoms with Crippen LogP contribution in [0, 0.1) is 0 Å². The van der Waals surface area contributed by atoms with Gasteiger partial charge in [-0.05, 0) is 10.8 Å². The van der Waals surface area contributed by atoms with Gasteiger partial charge in [0.1, 0.15) is 13.1 Å². The Morgan fingerprint density at radius 1 is 0.875 bits per heavy atom. The highest BCUT2D eigenvalue weighted by atomic mass is 127. The van der Waals surface area contributed by atoms with Crippen LogP contribution in [0.25, 0.3) is 10.8 Å². The topological polar surface area (TPSA) is 0 Å². The van der Waals surface area contributed by atoms with Gasteiger partial charge in [0.15, 0.2) is 0 Å². The van der Waals surface area contributed by atoms with Gasteiger partial charge in [-0.3, -0.25) is 0 Å². The average Bonchev–Trinajstić information content (AvgIpc) is 2.16. The standard InChI is InChI=1S/C14H16N.HI/c1-15(2)9-12-7-3-5-11-6-4-8-13(10-15)14(11)12;/h3-8H,9-10H2,1-2H3;1H/q+1;/p-1. The minimum Gasteiger partial charge on any atom is -1.00 e. The molecule has 3 rings (SSSR count). The van der Waals surface area contributed by atoms with Crippen molar-refractivity contribution < 1.29 is 28.5 Å². The molecule has 0 atom stereocenters. The second kappa shape index (κ2) is 4.00. The first kappa shape index (κ1) is 11.9. The van der Waals surface area contributed by atoms with E-state index in [-0.39, 0.29) is 24.0 Å². The number of nitrogens with zero attached hydrogens (tertiary/aromatic N) is 1. The van der Waals surface area contributed by atoms with Crippen LogP contribution < -0.4 is 24.0 Å². The lowest BCUT2D eigenvalue weighted by atomic mass is 9.94. The third kappa shape index (κ3) is 1.84. The van der Waals surface area contributed by atoms with E-state index in [1.54, 1.807) is 0 Å². The van der Waals surface area contributed by atoms with Crippen molar-refractivity contribution in [3.63, 3.8) is 0 Å². The maximum Gasteiger partial charge on any atom is 0.105 e. The molecule has 0 fully saturated rings. The van der Waals surface area contributed by atoms with Crippen LogP contribution in [0.4, 0.5) is 0 Å². The third-order valence-electron chi connectivity index (χ3n) is 3.27. The molecule has 2 aromatic carbocycles. The van der Waals surface area contributed by atoms with E-state index >= 15 is 0 Å². The van der Waals surface area contributed by atoms with E-state index < -0.39 is 0 Å². The lowest BCUT2D eigenvalue weighted by molar-refractivity contribution is -0.917. The quantitative estimate of drug-likeness (QED) is 0.470. The highest BCUT2D eigenvalue weighted by Gasteiger charge is 2.25. The zero-order valence-electron chi connectivity index (χ0n) is 9.70. The molecule has 1 heterocycles. The third-order valence-corrected chi connectivity index (χ3v) is 3.27. The van der Waals surface area contributed by atoms with E-state index in [1.165, 1.54) is 21.9 Å². The first-order valence-electron chi connectivity index (χ1n) is 5.47. The number of quaternary nitrogens is 1. The first-order valence-corrected chi connectivity index (χ1v) is 5.47. The van der Waals surface area contributed by atoms with Crippen LogP contribution in [0.3, 0.4) is 0 Å². The fourth-order valence-corrected chi connectivity index (χ4v) is 2.74. The van der Waals surface area contributed by atoms with Gasteiger partial charge in [-0.1, -0.05) is 36.4 Å². The van der Waals surface area contributed by atoms with Gasteiger partial charge in [0.2, 0.25) is 0 Å². The molecule has 0 radical (unpaired) electrons. The Kier molecular flexibility index (Phi) is 2.97. The molecule has 0 N–H and O–H groups in total. The molecule has 0 bridgehead atoms. The minimum absolute atomic E-state index is 0. The van der Waals surface area contributed by atoms with Crippen LogP contribution in [0.5, 0.6) is 0 Å². The van der Waals surface area contributed by atoms with Crippen molar-refractivity contribution in [2.24, 2.45) is 0 Å². The van der Waals surface area contributed by atoms with Crippen LogP contribution >= 0.6 is 0 Å². The number of halogens is 1. The predicted octanol–water partition coefficient (Wildman–Crippen LogP) is -0.0662. The fraction of sp³-hybridized carbons (Fsp3) is 0.286. The van der Waals surface area contributed by atoms with Crippen LogP contribution in [0.15, 0.2) is 36.4 Å². The number of benzene rings is 2. The predicted molar refractivity (Wildman–Crippen MR) is 63.5 cm³/mol. The molecule has 0 saturated carbocycles. The summed E-state index contributed by atoms with van der Waals surface area (Å²) in [5.74, 6) is 0. The number of rotatable bonds is 0. The van der Waals surface area contributed by atoms with Crippen molar-refractivity contribution in [2.75, 3.05) is 14.1 Å². The second-order valence-corrected chi connectivity index (χ2v) is 5.18. The molecule has 84 valence electrons. The van der Waals surface area contributed by atoms with Gasteiger partial charge >= 0.3 is 0 Å². The van der Waals surface area contributed by atoms with E-state index in [0.29, 0.717) is 0 Å². The van der Waals surface area contributed by atoms with Gasteiger partial charge < -0.3 is 28.5 Å². The van der Waals surface area contributed by atoms with Crippen LogP contribution in [0.1, 0.15) is 11.1 Å². The molecule has 16 heavy (non-hydrogen) atoms. The summed E-state index contributed by atoms with van der Waals surface area (Å²) in [6.07, 6.45) is 0. The van der Waals surface area contributed by atoms with Crippen LogP contribution in [0.2, 0.25) is 0 Å². The fourth-order valence-electron chi connectivity index (χ4n) is 2.74. The van der Waals surface area contributed by atoms with Crippen LogP contribution in [-0.2, 0) is 13.1 Å². The lowest BCUT2D eigenvalue weighted by Gasteiger charge is -2.34. The van der Waals surface area contributed by atoms with Crippen LogP contribution in [-0.4, -0.2) is 18.6 Å². The summed E-state index contributed by atoms with van der Waals surface area (Å²) in [6.45, 7) is 2.29. The minimum atomic E-state index is 0. The summed E-state index contributed by atoms with van der Waals surface area (Å²) in [5.41, 5.74) is 3.00. The Balaban J connectivity index is 0.000000963. The van der Waals surface area contributed by atoms with Crippen molar-refractivity contribution >= 4 is 10.8 Å². The molecule has 0 saturated heterocycles. The van der Waals surface area contributed by atoms with E-state index in [1.807, 2.05) is 0 Å².